The van der Waals surface area contributed by atoms with Crippen LogP contribution in [0.25, 0.3) is 0 Å². The minimum atomic E-state index is -0.782. The van der Waals surface area contributed by atoms with Gasteiger partial charge < -0.3 is 14.2 Å². The molecule has 0 aliphatic heterocycles. The maximum absolute atomic E-state index is 13.0. The third-order valence-corrected chi connectivity index (χ3v) is 15.6. The van der Waals surface area contributed by atoms with Crippen molar-refractivity contribution >= 4 is 17.9 Å². The molecule has 0 aromatic rings. The van der Waals surface area contributed by atoms with Crippen LogP contribution in [0.4, 0.5) is 0 Å². The summed E-state index contributed by atoms with van der Waals surface area (Å²) in [6, 6.07) is 0. The quantitative estimate of drug-likeness (QED) is 0.0261. The fourth-order valence-corrected chi connectivity index (χ4v) is 10.2. The summed E-state index contributed by atoms with van der Waals surface area (Å²) in [5.74, 6) is -0.873. The lowest BCUT2D eigenvalue weighted by atomic mass is 10.0. The first-order valence-electron chi connectivity index (χ1n) is 35.7. The summed E-state index contributed by atoms with van der Waals surface area (Å²) in [6.07, 6.45) is 95.8. The van der Waals surface area contributed by atoms with Crippen LogP contribution in [0.15, 0.2) is 97.2 Å². The van der Waals surface area contributed by atoms with Crippen LogP contribution in [0.1, 0.15) is 355 Å². The van der Waals surface area contributed by atoms with Gasteiger partial charge in [-0.05, 0) is 103 Å². The van der Waals surface area contributed by atoms with Gasteiger partial charge in [-0.15, -0.1) is 0 Å². The fourth-order valence-electron chi connectivity index (χ4n) is 10.2. The predicted molar refractivity (Wildman–Crippen MR) is 362 cm³/mol. The molecule has 1 atom stereocenters. The number of carbonyl (C=O) groups excluding carboxylic acids is 3. The molecule has 0 aliphatic rings. The zero-order chi connectivity index (χ0) is 59.9. The molecule has 0 aliphatic carbocycles. The molecule has 0 amide bonds. The zero-order valence-corrected chi connectivity index (χ0v) is 54.9. The molecule has 1 unspecified atom stereocenters. The van der Waals surface area contributed by atoms with E-state index < -0.39 is 6.10 Å². The van der Waals surface area contributed by atoms with Gasteiger partial charge in [-0.1, -0.05) is 330 Å². The molecule has 0 fully saturated rings. The number of carbonyl (C=O) groups is 3. The summed E-state index contributed by atoms with van der Waals surface area (Å²) in [4.78, 5) is 38.4. The summed E-state index contributed by atoms with van der Waals surface area (Å²) in [6.45, 7) is 6.55. The van der Waals surface area contributed by atoms with Gasteiger partial charge in [-0.3, -0.25) is 14.4 Å². The highest BCUT2D eigenvalue weighted by molar-refractivity contribution is 5.71. The molecule has 0 aromatic heterocycles. The molecular weight excluding hydrogens is 1020 g/mol. The average Bonchev–Trinajstić information content (AvgIpc) is 3.48. The number of hydrogen-bond acceptors (Lipinski definition) is 6. The van der Waals surface area contributed by atoms with E-state index in [-0.39, 0.29) is 31.1 Å². The molecular formula is C77H134O6. The van der Waals surface area contributed by atoms with Crippen molar-refractivity contribution in [2.45, 2.75) is 361 Å². The highest BCUT2D eigenvalue weighted by Gasteiger charge is 2.19. The minimum absolute atomic E-state index is 0.0772. The van der Waals surface area contributed by atoms with Crippen molar-refractivity contribution in [3.63, 3.8) is 0 Å². The molecule has 0 heterocycles. The number of unbranched alkanes of at least 4 members (excludes halogenated alkanes) is 38. The van der Waals surface area contributed by atoms with Gasteiger partial charge in [-0.2, -0.15) is 0 Å². The zero-order valence-electron chi connectivity index (χ0n) is 54.9. The van der Waals surface area contributed by atoms with Gasteiger partial charge in [0.1, 0.15) is 13.2 Å². The SMILES string of the molecule is CC/C=C\C/C=C\C/C=C\C/C=C\C/C=C\C/C=C\C/C=C\CCCCCCCCCC(=O)OCC(COC(=O)CCCCCCCCCCCCC)OC(=O)CCCCCCCCCCCCCCC/C=C\CCCCCCCCCC. The number of hydrogen-bond donors (Lipinski definition) is 0. The molecule has 6 nitrogen and oxygen atoms in total. The molecule has 83 heavy (non-hydrogen) atoms. The van der Waals surface area contributed by atoms with Crippen molar-refractivity contribution in [2.75, 3.05) is 13.2 Å². The fraction of sp³-hybridized carbons (Fsp3) is 0.753. The topological polar surface area (TPSA) is 78.9 Å². The van der Waals surface area contributed by atoms with Gasteiger partial charge in [-0.25, -0.2) is 0 Å². The van der Waals surface area contributed by atoms with Crippen LogP contribution in [0, 0.1) is 0 Å². The van der Waals surface area contributed by atoms with E-state index in [1.807, 2.05) is 0 Å². The van der Waals surface area contributed by atoms with E-state index in [1.165, 1.54) is 205 Å². The van der Waals surface area contributed by atoms with Crippen LogP contribution < -0.4 is 0 Å². The first-order chi connectivity index (χ1) is 41.0. The normalized spacial score (nSPS) is 12.7. The Morgan fingerprint density at radius 3 is 0.747 bits per heavy atom. The number of rotatable bonds is 65. The van der Waals surface area contributed by atoms with Crippen LogP contribution in [-0.2, 0) is 28.6 Å². The largest absolute Gasteiger partial charge is 0.462 e. The van der Waals surface area contributed by atoms with Crippen LogP contribution >= 0.6 is 0 Å². The summed E-state index contributed by atoms with van der Waals surface area (Å²) >= 11 is 0. The second kappa shape index (κ2) is 70.8. The Morgan fingerprint density at radius 1 is 0.253 bits per heavy atom. The monoisotopic (exact) mass is 1160 g/mol. The predicted octanol–water partition coefficient (Wildman–Crippen LogP) is 24.8. The van der Waals surface area contributed by atoms with Gasteiger partial charge in [0.15, 0.2) is 6.10 Å². The second-order valence-corrected chi connectivity index (χ2v) is 23.8. The van der Waals surface area contributed by atoms with Gasteiger partial charge in [0.2, 0.25) is 0 Å². The molecule has 0 rings (SSSR count). The standard InChI is InChI=1S/C77H134O6/c1-4-7-10-13-16-19-22-24-26-28-30-32-34-36-37-38-39-41-42-44-46-48-50-52-55-58-61-64-67-70-76(79)82-73-74(72-81-75(78)69-66-63-60-57-54-21-18-15-12-9-6-3)83-77(80)71-68-65-62-59-56-53-51-49-47-45-43-40-35-33-31-29-27-25-23-20-17-14-11-8-5-2/h7,10,16,19,24,26,29-32,36-37,39,41,44,46,74H,4-6,8-9,11-15,17-18,20-23,25,27-28,33-35,38,40,42-43,45,47-73H2,1-3H3/b10-7-,19-16-,26-24-,31-29-,32-30-,37-36-,41-39-,46-44-. The molecule has 0 bridgehead atoms. The van der Waals surface area contributed by atoms with Gasteiger partial charge >= 0.3 is 17.9 Å². The van der Waals surface area contributed by atoms with Crippen LogP contribution in [0.3, 0.4) is 0 Å². The number of ether oxygens (including phenoxy) is 3. The summed E-state index contributed by atoms with van der Waals surface area (Å²) in [5, 5.41) is 0. The molecule has 0 saturated heterocycles. The Kier molecular flexibility index (Phi) is 67.7. The molecule has 0 aromatic carbocycles. The Labute approximate surface area is 515 Å². The van der Waals surface area contributed by atoms with Crippen molar-refractivity contribution < 1.29 is 28.6 Å². The van der Waals surface area contributed by atoms with E-state index in [2.05, 4.69) is 118 Å². The van der Waals surface area contributed by atoms with Crippen molar-refractivity contribution in [2.24, 2.45) is 0 Å². The van der Waals surface area contributed by atoms with Crippen molar-refractivity contribution in [3.8, 4) is 0 Å². The third kappa shape index (κ3) is 69.0. The maximum atomic E-state index is 13.0. The third-order valence-electron chi connectivity index (χ3n) is 15.6. The van der Waals surface area contributed by atoms with E-state index in [0.29, 0.717) is 19.3 Å². The smallest absolute Gasteiger partial charge is 0.306 e. The average molecular weight is 1160 g/mol. The number of allylic oxidation sites excluding steroid dienone is 16. The lowest BCUT2D eigenvalue weighted by Gasteiger charge is -2.18. The second-order valence-electron chi connectivity index (χ2n) is 23.8. The first kappa shape index (κ1) is 79.3. The highest BCUT2D eigenvalue weighted by atomic mass is 16.6. The minimum Gasteiger partial charge on any atom is -0.462 e. The highest BCUT2D eigenvalue weighted by Crippen LogP contribution is 2.17. The van der Waals surface area contributed by atoms with Crippen LogP contribution in [0.5, 0.6) is 0 Å². The van der Waals surface area contributed by atoms with E-state index in [1.54, 1.807) is 0 Å². The van der Waals surface area contributed by atoms with Gasteiger partial charge in [0, 0.05) is 19.3 Å². The van der Waals surface area contributed by atoms with E-state index in [4.69, 9.17) is 14.2 Å². The van der Waals surface area contributed by atoms with Crippen molar-refractivity contribution in [3.05, 3.63) is 97.2 Å². The lowest BCUT2D eigenvalue weighted by Crippen LogP contribution is -2.30. The van der Waals surface area contributed by atoms with E-state index in [0.717, 1.165) is 109 Å². The molecule has 0 spiro atoms. The summed E-state index contributed by atoms with van der Waals surface area (Å²) in [5.41, 5.74) is 0. The van der Waals surface area contributed by atoms with Crippen LogP contribution in [0.2, 0.25) is 0 Å². The number of esters is 3. The van der Waals surface area contributed by atoms with Crippen molar-refractivity contribution in [1.29, 1.82) is 0 Å². The summed E-state index contributed by atoms with van der Waals surface area (Å²) in [7, 11) is 0. The van der Waals surface area contributed by atoms with Crippen molar-refractivity contribution in [1.82, 2.24) is 0 Å². The first-order valence-corrected chi connectivity index (χ1v) is 35.7. The molecule has 478 valence electrons. The maximum Gasteiger partial charge on any atom is 0.306 e. The van der Waals surface area contributed by atoms with Crippen LogP contribution in [-0.4, -0.2) is 37.2 Å². The Hall–Kier alpha value is -3.67. The molecule has 6 heteroatoms. The lowest BCUT2D eigenvalue weighted by molar-refractivity contribution is -0.167. The van der Waals surface area contributed by atoms with E-state index >= 15 is 0 Å². The molecule has 0 N–H and O–H groups in total. The van der Waals surface area contributed by atoms with Gasteiger partial charge in [0.05, 0.1) is 0 Å². The molecule has 0 radical (unpaired) electrons. The summed E-state index contributed by atoms with van der Waals surface area (Å²) < 4.78 is 17.0. The Bertz CT molecular complexity index is 1610. The van der Waals surface area contributed by atoms with E-state index in [9.17, 15) is 14.4 Å². The van der Waals surface area contributed by atoms with Gasteiger partial charge in [0.25, 0.3) is 0 Å². The molecule has 0 saturated carbocycles. The Balaban J connectivity index is 4.25. The Morgan fingerprint density at radius 2 is 0.470 bits per heavy atom.